The lowest BCUT2D eigenvalue weighted by Crippen LogP contribution is -2.12. The number of methoxy groups -OCH3 is 1. The summed E-state index contributed by atoms with van der Waals surface area (Å²) in [6.07, 6.45) is 1.02. The van der Waals surface area contributed by atoms with Gasteiger partial charge in [0, 0.05) is 19.0 Å². The maximum atomic E-state index is 10.8. The monoisotopic (exact) mass is 295 g/mol. The number of aryl methyl sites for hydroxylation is 1. The van der Waals surface area contributed by atoms with E-state index < -0.39 is 0 Å². The van der Waals surface area contributed by atoms with Crippen LogP contribution in [0.25, 0.3) is 11.0 Å². The van der Waals surface area contributed by atoms with Gasteiger partial charge in [0.15, 0.2) is 0 Å². The zero-order chi connectivity index (χ0) is 14.7. The summed E-state index contributed by atoms with van der Waals surface area (Å²) >= 11 is 6.19. The third-order valence-corrected chi connectivity index (χ3v) is 3.34. The van der Waals surface area contributed by atoms with Gasteiger partial charge < -0.3 is 15.0 Å². The van der Waals surface area contributed by atoms with Crippen molar-refractivity contribution in [1.29, 1.82) is 0 Å². The molecule has 0 aliphatic carbocycles. The van der Waals surface area contributed by atoms with Crippen LogP contribution in [-0.4, -0.2) is 22.6 Å². The van der Waals surface area contributed by atoms with Gasteiger partial charge in [-0.3, -0.25) is 4.79 Å². The molecule has 1 atom stereocenters. The number of nitrogens with zero attached hydrogens (tertiary/aromatic N) is 2. The Morgan fingerprint density at radius 2 is 2.30 bits per heavy atom. The molecule has 2 aromatic rings. The van der Waals surface area contributed by atoms with E-state index in [0.29, 0.717) is 19.4 Å². The van der Waals surface area contributed by atoms with Crippen molar-refractivity contribution in [2.24, 2.45) is 5.73 Å². The second-order valence-corrected chi connectivity index (χ2v) is 5.32. The van der Waals surface area contributed by atoms with Crippen LogP contribution in [0.4, 0.5) is 0 Å². The Labute approximate surface area is 122 Å². The molecular weight excluding hydrogens is 278 g/mol. The fourth-order valence-electron chi connectivity index (χ4n) is 2.21. The number of amides is 1. The number of hydrogen-bond donors (Lipinski definition) is 1. The summed E-state index contributed by atoms with van der Waals surface area (Å²) in [4.78, 5) is 15.4. The van der Waals surface area contributed by atoms with E-state index in [0.717, 1.165) is 22.6 Å². The number of alkyl halides is 1. The van der Waals surface area contributed by atoms with Gasteiger partial charge >= 0.3 is 0 Å². The summed E-state index contributed by atoms with van der Waals surface area (Å²) in [5.74, 6) is 1.25. The van der Waals surface area contributed by atoms with Crippen molar-refractivity contribution in [2.75, 3.05) is 7.11 Å². The third kappa shape index (κ3) is 3.04. The second kappa shape index (κ2) is 6.13. The predicted octanol–water partition coefficient (Wildman–Crippen LogP) is 2.61. The average molecular weight is 296 g/mol. The highest BCUT2D eigenvalue weighted by atomic mass is 35.5. The van der Waals surface area contributed by atoms with Crippen molar-refractivity contribution in [3.8, 4) is 5.75 Å². The quantitative estimate of drug-likeness (QED) is 0.833. The summed E-state index contributed by atoms with van der Waals surface area (Å²) in [5, 5.41) is -0.207. The number of benzene rings is 1. The van der Waals surface area contributed by atoms with Gasteiger partial charge in [-0.1, -0.05) is 0 Å². The Kier molecular flexibility index (Phi) is 4.49. The van der Waals surface area contributed by atoms with E-state index in [-0.39, 0.29) is 11.3 Å². The highest BCUT2D eigenvalue weighted by molar-refractivity contribution is 6.20. The molecule has 6 heteroatoms. The molecule has 1 amide bonds. The zero-order valence-electron chi connectivity index (χ0n) is 11.6. The van der Waals surface area contributed by atoms with E-state index in [9.17, 15) is 4.79 Å². The third-order valence-electron chi connectivity index (χ3n) is 3.15. The topological polar surface area (TPSA) is 70.1 Å². The number of aromatic nitrogens is 2. The van der Waals surface area contributed by atoms with E-state index in [1.54, 1.807) is 7.11 Å². The molecule has 0 radical (unpaired) electrons. The van der Waals surface area contributed by atoms with Crippen LogP contribution in [0.5, 0.6) is 5.75 Å². The van der Waals surface area contributed by atoms with Crippen LogP contribution in [0.15, 0.2) is 18.2 Å². The number of ether oxygens (including phenoxy) is 1. The molecule has 1 heterocycles. The van der Waals surface area contributed by atoms with Gasteiger partial charge in [0.2, 0.25) is 5.91 Å². The Morgan fingerprint density at radius 1 is 1.55 bits per heavy atom. The normalized spacial score (nSPS) is 12.6. The smallest absolute Gasteiger partial charge is 0.217 e. The van der Waals surface area contributed by atoms with E-state index in [1.807, 2.05) is 29.7 Å². The molecule has 2 rings (SSSR count). The summed E-state index contributed by atoms with van der Waals surface area (Å²) < 4.78 is 7.24. The second-order valence-electron chi connectivity index (χ2n) is 4.66. The van der Waals surface area contributed by atoms with Gasteiger partial charge in [0.05, 0.1) is 23.5 Å². The lowest BCUT2D eigenvalue weighted by Gasteiger charge is -2.10. The Bertz CT molecular complexity index is 622. The largest absolute Gasteiger partial charge is 0.497 e. The van der Waals surface area contributed by atoms with Crippen molar-refractivity contribution in [3.05, 3.63) is 24.0 Å². The number of carbonyl (C=O) groups excluding carboxylic acids is 1. The number of primary amides is 1. The molecule has 0 aliphatic rings. The molecule has 0 spiro atoms. The Morgan fingerprint density at radius 3 is 2.90 bits per heavy atom. The van der Waals surface area contributed by atoms with Gasteiger partial charge in [0.1, 0.15) is 11.6 Å². The summed E-state index contributed by atoms with van der Waals surface area (Å²) in [6, 6.07) is 5.72. The fraction of sp³-hybridized carbons (Fsp3) is 0.429. The summed E-state index contributed by atoms with van der Waals surface area (Å²) in [7, 11) is 1.62. The Balaban J connectivity index is 2.38. The van der Waals surface area contributed by atoms with E-state index in [2.05, 4.69) is 4.98 Å². The van der Waals surface area contributed by atoms with Crippen LogP contribution >= 0.6 is 11.6 Å². The van der Waals surface area contributed by atoms with E-state index >= 15 is 0 Å². The Hall–Kier alpha value is -1.75. The molecule has 20 heavy (non-hydrogen) atoms. The van der Waals surface area contributed by atoms with Crippen molar-refractivity contribution < 1.29 is 9.53 Å². The van der Waals surface area contributed by atoms with Crippen molar-refractivity contribution in [3.63, 3.8) is 0 Å². The maximum Gasteiger partial charge on any atom is 0.217 e. The lowest BCUT2D eigenvalue weighted by molar-refractivity contribution is -0.118. The number of nitrogens with two attached hydrogens (primary N) is 1. The number of rotatable bonds is 6. The number of hydrogen-bond acceptors (Lipinski definition) is 3. The summed E-state index contributed by atoms with van der Waals surface area (Å²) in [6.45, 7) is 2.54. The van der Waals surface area contributed by atoms with Gasteiger partial charge in [-0.05, 0) is 25.5 Å². The van der Waals surface area contributed by atoms with Crippen LogP contribution < -0.4 is 10.5 Å². The molecule has 0 fully saturated rings. The van der Waals surface area contributed by atoms with Gasteiger partial charge in [-0.25, -0.2) is 4.98 Å². The highest BCUT2D eigenvalue weighted by Crippen LogP contribution is 2.27. The van der Waals surface area contributed by atoms with Gasteiger partial charge in [-0.15, -0.1) is 11.6 Å². The molecule has 2 N–H and O–H groups in total. The van der Waals surface area contributed by atoms with Crippen molar-refractivity contribution >= 4 is 28.5 Å². The molecule has 0 saturated heterocycles. The molecule has 1 unspecified atom stereocenters. The van der Waals surface area contributed by atoms with Crippen molar-refractivity contribution in [1.82, 2.24) is 9.55 Å². The molecule has 0 saturated carbocycles. The van der Waals surface area contributed by atoms with Crippen LogP contribution in [-0.2, 0) is 11.3 Å². The summed E-state index contributed by atoms with van der Waals surface area (Å²) in [5.41, 5.74) is 7.00. The SMILES string of the molecule is COc1ccc2c(c1)nc(C(C)Cl)n2CCCC(N)=O. The first kappa shape index (κ1) is 14.7. The van der Waals surface area contributed by atoms with Crippen LogP contribution in [0.1, 0.15) is 31.0 Å². The van der Waals surface area contributed by atoms with Crippen LogP contribution in [0.3, 0.4) is 0 Å². The minimum Gasteiger partial charge on any atom is -0.497 e. The molecule has 0 aliphatic heterocycles. The van der Waals surface area contributed by atoms with Crippen LogP contribution in [0.2, 0.25) is 0 Å². The first-order valence-corrected chi connectivity index (χ1v) is 6.93. The number of imidazole rings is 1. The van der Waals surface area contributed by atoms with Gasteiger partial charge in [0.25, 0.3) is 0 Å². The highest BCUT2D eigenvalue weighted by Gasteiger charge is 2.15. The van der Waals surface area contributed by atoms with Gasteiger partial charge in [-0.2, -0.15) is 0 Å². The fourth-order valence-corrected chi connectivity index (χ4v) is 2.37. The lowest BCUT2D eigenvalue weighted by atomic mass is 10.2. The number of halogens is 1. The van der Waals surface area contributed by atoms with E-state index in [4.69, 9.17) is 22.1 Å². The van der Waals surface area contributed by atoms with Crippen LogP contribution in [0, 0.1) is 0 Å². The molecule has 1 aromatic carbocycles. The standard InChI is InChI=1S/C14H18ClN3O2/c1-9(15)14-17-11-8-10(20-2)5-6-12(11)18(14)7-3-4-13(16)19/h5-6,8-9H,3-4,7H2,1-2H3,(H2,16,19). The minimum atomic E-state index is -0.295. The first-order valence-electron chi connectivity index (χ1n) is 6.49. The number of carbonyl (C=O) groups is 1. The van der Waals surface area contributed by atoms with Crippen molar-refractivity contribution in [2.45, 2.75) is 31.7 Å². The molecule has 0 bridgehead atoms. The van der Waals surface area contributed by atoms with E-state index in [1.165, 1.54) is 0 Å². The average Bonchev–Trinajstić information content (AvgIpc) is 2.76. The minimum absolute atomic E-state index is 0.207. The zero-order valence-corrected chi connectivity index (χ0v) is 12.4. The first-order chi connectivity index (χ1) is 9.52. The molecule has 1 aromatic heterocycles. The maximum absolute atomic E-state index is 10.8. The molecule has 5 nitrogen and oxygen atoms in total. The molecule has 108 valence electrons. The number of fused-ring (bicyclic) bond motifs is 1. The predicted molar refractivity (Wildman–Crippen MR) is 79.0 cm³/mol. The molecular formula is C14H18ClN3O2.